The minimum absolute atomic E-state index is 0.231. The lowest BCUT2D eigenvalue weighted by Gasteiger charge is -2.17. The number of carbonyl (C=O) groups is 4. The molecular formula is C33H27N3O6. The van der Waals surface area contributed by atoms with E-state index in [1.165, 1.54) is 0 Å². The van der Waals surface area contributed by atoms with Gasteiger partial charge in [-0.2, -0.15) is 0 Å². The Balaban J connectivity index is 1.37. The van der Waals surface area contributed by atoms with Crippen LogP contribution in [0.3, 0.4) is 0 Å². The minimum Gasteiger partial charge on any atom is -0.462 e. The maximum atomic E-state index is 13.7. The molecule has 0 N–H and O–H groups in total. The number of benzene rings is 3. The molecular weight excluding hydrogens is 534 g/mol. The van der Waals surface area contributed by atoms with Crippen molar-refractivity contribution in [2.75, 3.05) is 23.0 Å². The largest absolute Gasteiger partial charge is 0.462 e. The van der Waals surface area contributed by atoms with Gasteiger partial charge in [-0.3, -0.25) is 9.59 Å². The summed E-state index contributed by atoms with van der Waals surface area (Å²) in [4.78, 5) is 59.5. The molecule has 0 saturated heterocycles. The van der Waals surface area contributed by atoms with Crippen LogP contribution in [-0.2, 0) is 22.6 Å². The second-order valence-corrected chi connectivity index (χ2v) is 9.82. The summed E-state index contributed by atoms with van der Waals surface area (Å²) in [6, 6.07) is 23.0. The lowest BCUT2D eigenvalue weighted by Crippen LogP contribution is -2.25. The van der Waals surface area contributed by atoms with E-state index in [2.05, 4.69) is 4.98 Å². The van der Waals surface area contributed by atoms with Crippen molar-refractivity contribution < 1.29 is 28.7 Å². The number of pyridine rings is 1. The van der Waals surface area contributed by atoms with Crippen LogP contribution < -0.4 is 9.80 Å². The Bertz CT molecular complexity index is 1610. The zero-order valence-corrected chi connectivity index (χ0v) is 23.1. The molecule has 0 spiro atoms. The number of esters is 2. The Morgan fingerprint density at radius 1 is 0.667 bits per heavy atom. The summed E-state index contributed by atoms with van der Waals surface area (Å²) in [5, 5.41) is 0. The van der Waals surface area contributed by atoms with Crippen LogP contribution in [0.25, 0.3) is 11.1 Å². The summed E-state index contributed by atoms with van der Waals surface area (Å²) in [5.74, 6) is -1.50. The van der Waals surface area contributed by atoms with E-state index >= 15 is 0 Å². The van der Waals surface area contributed by atoms with Gasteiger partial charge in [-0.1, -0.05) is 30.3 Å². The molecule has 0 radical (unpaired) electrons. The molecule has 3 aromatic carbocycles. The molecule has 0 bridgehead atoms. The average molecular weight is 562 g/mol. The van der Waals surface area contributed by atoms with E-state index < -0.39 is 11.9 Å². The highest BCUT2D eigenvalue weighted by Gasteiger charge is 2.40. The molecule has 0 unspecified atom stereocenters. The van der Waals surface area contributed by atoms with Gasteiger partial charge in [0.2, 0.25) is 0 Å². The first-order chi connectivity index (χ1) is 20.4. The molecule has 9 nitrogen and oxygen atoms in total. The van der Waals surface area contributed by atoms with E-state index in [1.54, 1.807) is 72.2 Å². The number of hydrogen-bond acceptors (Lipinski definition) is 7. The minimum atomic E-state index is -0.428. The summed E-state index contributed by atoms with van der Waals surface area (Å²) in [5.41, 5.74) is 5.66. The van der Waals surface area contributed by atoms with Crippen molar-refractivity contribution >= 4 is 35.1 Å². The molecule has 3 heterocycles. The van der Waals surface area contributed by atoms with Crippen LogP contribution in [0, 0.1) is 0 Å². The van der Waals surface area contributed by atoms with Crippen molar-refractivity contribution in [3.8, 4) is 11.1 Å². The number of aromatic nitrogens is 1. The van der Waals surface area contributed by atoms with E-state index in [0.717, 1.165) is 22.3 Å². The zero-order chi connectivity index (χ0) is 29.4. The SMILES string of the molecule is CCOC(=O)c1ccc(N2Cc3c(nc4c(c3-c3ccccc3)CN(c3ccc(C(=O)OCC)cc3)C4=O)C2=O)cc1. The van der Waals surface area contributed by atoms with E-state index in [9.17, 15) is 19.2 Å². The molecule has 210 valence electrons. The number of fused-ring (bicyclic) bond motifs is 2. The van der Waals surface area contributed by atoms with Crippen LogP contribution in [0.4, 0.5) is 11.4 Å². The summed E-state index contributed by atoms with van der Waals surface area (Å²) in [6.07, 6.45) is 0. The van der Waals surface area contributed by atoms with Crippen LogP contribution in [0.5, 0.6) is 0 Å². The maximum Gasteiger partial charge on any atom is 0.338 e. The number of ether oxygens (including phenoxy) is 2. The fourth-order valence-corrected chi connectivity index (χ4v) is 5.40. The first-order valence-corrected chi connectivity index (χ1v) is 13.7. The van der Waals surface area contributed by atoms with Crippen LogP contribution in [-0.4, -0.2) is 42.0 Å². The molecule has 0 atom stereocenters. The fraction of sp³-hybridized carbons (Fsp3) is 0.182. The number of amides is 2. The number of hydrogen-bond donors (Lipinski definition) is 0. The molecule has 2 aliphatic heterocycles. The smallest absolute Gasteiger partial charge is 0.338 e. The van der Waals surface area contributed by atoms with Crippen molar-refractivity contribution in [3.05, 3.63) is 113 Å². The fourth-order valence-electron chi connectivity index (χ4n) is 5.40. The lowest BCUT2D eigenvalue weighted by atomic mass is 9.94. The Morgan fingerprint density at radius 2 is 1.10 bits per heavy atom. The van der Waals surface area contributed by atoms with E-state index in [1.807, 2.05) is 30.3 Å². The number of carbonyl (C=O) groups excluding carboxylic acids is 4. The third-order valence-corrected chi connectivity index (χ3v) is 7.37. The van der Waals surface area contributed by atoms with Gasteiger partial charge in [-0.15, -0.1) is 0 Å². The number of rotatable bonds is 7. The van der Waals surface area contributed by atoms with E-state index in [4.69, 9.17) is 9.47 Å². The molecule has 4 aromatic rings. The van der Waals surface area contributed by atoms with E-state index in [0.29, 0.717) is 22.5 Å². The first kappa shape index (κ1) is 26.9. The Kier molecular flexibility index (Phi) is 7.00. The van der Waals surface area contributed by atoms with Gasteiger partial charge >= 0.3 is 11.9 Å². The monoisotopic (exact) mass is 561 g/mol. The third-order valence-electron chi connectivity index (χ3n) is 7.37. The Labute approximate surface area is 242 Å². The molecule has 1 aromatic heterocycles. The van der Waals surface area contributed by atoms with Gasteiger partial charge in [0.25, 0.3) is 11.8 Å². The van der Waals surface area contributed by atoms with Gasteiger partial charge in [0.05, 0.1) is 37.4 Å². The normalized spacial score (nSPS) is 13.7. The van der Waals surface area contributed by atoms with Crippen molar-refractivity contribution in [2.45, 2.75) is 26.9 Å². The molecule has 0 aliphatic carbocycles. The highest BCUT2D eigenvalue weighted by molar-refractivity contribution is 6.15. The quantitative estimate of drug-likeness (QED) is 0.277. The second kappa shape index (κ2) is 10.9. The second-order valence-electron chi connectivity index (χ2n) is 9.82. The molecule has 0 fully saturated rings. The van der Waals surface area contributed by atoms with Crippen LogP contribution >= 0.6 is 0 Å². The van der Waals surface area contributed by atoms with Gasteiger partial charge in [0, 0.05) is 22.5 Å². The summed E-state index contributed by atoms with van der Waals surface area (Å²) in [6.45, 7) is 4.56. The van der Waals surface area contributed by atoms with Crippen LogP contribution in [0.15, 0.2) is 78.9 Å². The van der Waals surface area contributed by atoms with Gasteiger partial charge in [0.15, 0.2) is 0 Å². The average Bonchev–Trinajstić information content (AvgIpc) is 3.53. The Hall–Kier alpha value is -5.31. The predicted molar refractivity (Wildman–Crippen MR) is 155 cm³/mol. The lowest BCUT2D eigenvalue weighted by molar-refractivity contribution is 0.0517. The van der Waals surface area contributed by atoms with Gasteiger partial charge in [-0.25, -0.2) is 14.6 Å². The molecule has 6 rings (SSSR count). The summed E-state index contributed by atoms with van der Waals surface area (Å²) < 4.78 is 10.1. The van der Waals surface area contributed by atoms with Crippen molar-refractivity contribution in [2.24, 2.45) is 0 Å². The van der Waals surface area contributed by atoms with Crippen LogP contribution in [0.2, 0.25) is 0 Å². The number of anilines is 2. The van der Waals surface area contributed by atoms with Gasteiger partial charge in [-0.05, 0) is 73.5 Å². The first-order valence-electron chi connectivity index (χ1n) is 13.7. The molecule has 9 heteroatoms. The summed E-state index contributed by atoms with van der Waals surface area (Å²) in [7, 11) is 0. The van der Waals surface area contributed by atoms with Gasteiger partial charge < -0.3 is 19.3 Å². The van der Waals surface area contributed by atoms with E-state index in [-0.39, 0.29) is 49.5 Å². The van der Waals surface area contributed by atoms with Crippen molar-refractivity contribution in [1.82, 2.24) is 4.98 Å². The molecule has 2 aliphatic rings. The van der Waals surface area contributed by atoms with Crippen molar-refractivity contribution in [3.63, 3.8) is 0 Å². The maximum absolute atomic E-state index is 13.7. The molecule has 42 heavy (non-hydrogen) atoms. The summed E-state index contributed by atoms with van der Waals surface area (Å²) >= 11 is 0. The molecule has 0 saturated carbocycles. The highest BCUT2D eigenvalue weighted by Crippen LogP contribution is 2.41. The Morgan fingerprint density at radius 3 is 1.50 bits per heavy atom. The van der Waals surface area contributed by atoms with Crippen molar-refractivity contribution in [1.29, 1.82) is 0 Å². The topological polar surface area (TPSA) is 106 Å². The van der Waals surface area contributed by atoms with Crippen LogP contribution in [0.1, 0.15) is 66.7 Å². The standard InChI is InChI=1S/C33H27N3O6/c1-3-41-32(39)21-10-14-23(15-11-21)35-18-25-27(20-8-6-5-7-9-20)26-19-36(31(38)29(26)34-28(25)30(35)37)24-16-12-22(13-17-24)33(40)42-4-2/h5-17H,3-4,18-19H2,1-2H3. The third kappa shape index (κ3) is 4.58. The predicted octanol–water partition coefficient (Wildman–Crippen LogP) is 5.42. The highest BCUT2D eigenvalue weighted by atomic mass is 16.5. The molecule has 2 amide bonds. The zero-order valence-electron chi connectivity index (χ0n) is 23.1. The van der Waals surface area contributed by atoms with Gasteiger partial charge in [0.1, 0.15) is 11.4 Å². The number of nitrogens with zero attached hydrogens (tertiary/aromatic N) is 3.